The van der Waals surface area contributed by atoms with Gasteiger partial charge in [0.25, 0.3) is 0 Å². The van der Waals surface area contributed by atoms with Gasteiger partial charge in [-0.2, -0.15) is 0 Å². The largest absolute Gasteiger partial charge is 0.382 e. The molecule has 0 bridgehead atoms. The first-order chi connectivity index (χ1) is 9.10. The lowest BCUT2D eigenvalue weighted by Crippen LogP contribution is -2.60. The molecular weight excluding hydrogens is 250 g/mol. The van der Waals surface area contributed by atoms with Crippen molar-refractivity contribution in [1.82, 2.24) is 4.57 Å². The fourth-order valence-corrected chi connectivity index (χ4v) is 3.83. The summed E-state index contributed by atoms with van der Waals surface area (Å²) in [4.78, 5) is 7.31. The first-order valence-corrected chi connectivity index (χ1v) is 8.89. The van der Waals surface area contributed by atoms with E-state index in [0.29, 0.717) is 0 Å². The summed E-state index contributed by atoms with van der Waals surface area (Å²) in [6.07, 6.45) is 0. The molecule has 100 valence electrons. The van der Waals surface area contributed by atoms with Gasteiger partial charge in [-0.25, -0.2) is 0 Å². The summed E-state index contributed by atoms with van der Waals surface area (Å²) in [5.41, 5.74) is 2.29. The number of anilines is 2. The summed E-state index contributed by atoms with van der Waals surface area (Å²) in [7, 11) is 2.24. The highest BCUT2D eigenvalue weighted by molar-refractivity contribution is 6.81. The minimum absolute atomic E-state index is 1.15. The summed E-state index contributed by atoms with van der Waals surface area (Å²) in [5.74, 6) is 0. The van der Waals surface area contributed by atoms with Gasteiger partial charge in [-0.05, 0) is 44.9 Å². The normalized spacial score (nSPS) is 11.4. The maximum absolute atomic E-state index is 3.66. The molecule has 0 atom stereocenters. The molecule has 0 aliphatic carbocycles. The zero-order valence-corrected chi connectivity index (χ0v) is 12.7. The van der Waals surface area contributed by atoms with Gasteiger partial charge in [0.1, 0.15) is 0 Å². The lowest BCUT2D eigenvalue weighted by molar-refractivity contribution is 0.626. The topological polar surface area (TPSA) is 27.3 Å². The Kier molecular flexibility index (Phi) is 4.24. The molecule has 0 unspecified atom stereocenters. The number of rotatable bonds is 5. The first kappa shape index (κ1) is 13.6. The molecule has 0 radical (unpaired) electrons. The Morgan fingerprint density at radius 3 is 1.42 bits per heavy atom. The summed E-state index contributed by atoms with van der Waals surface area (Å²) < 4.78 is 2.26. The Morgan fingerprint density at radius 2 is 1.11 bits per heavy atom. The molecule has 19 heavy (non-hydrogen) atoms. The highest BCUT2D eigenvalue weighted by Gasteiger charge is 2.32. The Bertz CT molecular complexity index is 458. The van der Waals surface area contributed by atoms with Crippen LogP contribution < -0.4 is 9.96 Å². The highest BCUT2D eigenvalue weighted by atomic mass is 28.4. The molecule has 0 aliphatic heterocycles. The molecule has 4 heteroatoms. The predicted octanol–water partition coefficient (Wildman–Crippen LogP) is 3.34. The standard InChI is InChI=1S/C15H21N3Si/c1-18(2)19(3,16-14-10-6-4-7-11-14)17-15-12-8-5-9-13-15/h4-13,16-17H,1-3H3. The van der Waals surface area contributed by atoms with Crippen molar-refractivity contribution < 1.29 is 0 Å². The smallest absolute Gasteiger partial charge is 0.340 e. The van der Waals surface area contributed by atoms with Crippen molar-refractivity contribution in [2.75, 3.05) is 24.1 Å². The van der Waals surface area contributed by atoms with E-state index in [1.165, 1.54) is 0 Å². The molecule has 0 saturated carbocycles. The second-order valence-electron chi connectivity index (χ2n) is 4.95. The van der Waals surface area contributed by atoms with Crippen LogP contribution in [0, 0.1) is 0 Å². The minimum atomic E-state index is -1.98. The van der Waals surface area contributed by atoms with Gasteiger partial charge in [0, 0.05) is 11.4 Å². The van der Waals surface area contributed by atoms with Gasteiger partial charge in [0.2, 0.25) is 0 Å². The van der Waals surface area contributed by atoms with E-state index >= 15 is 0 Å². The average molecular weight is 271 g/mol. The first-order valence-electron chi connectivity index (χ1n) is 6.44. The van der Waals surface area contributed by atoms with Crippen LogP contribution in [0.25, 0.3) is 0 Å². The Labute approximate surface area is 116 Å². The lowest BCUT2D eigenvalue weighted by Gasteiger charge is -2.36. The van der Waals surface area contributed by atoms with Crippen LogP contribution in [0.5, 0.6) is 0 Å². The number of nitrogens with one attached hydrogen (secondary N) is 2. The molecule has 2 aromatic rings. The average Bonchev–Trinajstić information content (AvgIpc) is 2.40. The van der Waals surface area contributed by atoms with E-state index < -0.39 is 8.56 Å². The molecule has 3 nitrogen and oxygen atoms in total. The third-order valence-electron chi connectivity index (χ3n) is 3.22. The molecular formula is C15H21N3Si. The maximum Gasteiger partial charge on any atom is 0.340 e. The van der Waals surface area contributed by atoms with Crippen LogP contribution in [0.1, 0.15) is 0 Å². The predicted molar refractivity (Wildman–Crippen MR) is 85.4 cm³/mol. The maximum atomic E-state index is 3.66. The molecule has 0 fully saturated rings. The van der Waals surface area contributed by atoms with Crippen LogP contribution in [-0.2, 0) is 0 Å². The molecule has 2 aromatic carbocycles. The Hall–Kier alpha value is -1.78. The lowest BCUT2D eigenvalue weighted by atomic mass is 10.3. The van der Waals surface area contributed by atoms with E-state index in [4.69, 9.17) is 0 Å². The summed E-state index contributed by atoms with van der Waals surface area (Å²) in [5, 5.41) is 0. The Balaban J connectivity index is 2.18. The molecule has 0 saturated heterocycles. The van der Waals surface area contributed by atoms with E-state index in [1.807, 2.05) is 12.1 Å². The fraction of sp³-hybridized carbons (Fsp3) is 0.200. The molecule has 0 aromatic heterocycles. The van der Waals surface area contributed by atoms with Crippen molar-refractivity contribution >= 4 is 19.9 Å². The van der Waals surface area contributed by atoms with Crippen LogP contribution >= 0.6 is 0 Å². The number of para-hydroxylation sites is 2. The van der Waals surface area contributed by atoms with Gasteiger partial charge >= 0.3 is 8.56 Å². The van der Waals surface area contributed by atoms with Gasteiger partial charge in [0.05, 0.1) is 0 Å². The van der Waals surface area contributed by atoms with E-state index in [2.05, 4.69) is 83.7 Å². The number of nitrogens with zero attached hydrogens (tertiary/aromatic N) is 1. The van der Waals surface area contributed by atoms with Crippen LogP contribution in [0.2, 0.25) is 6.55 Å². The van der Waals surface area contributed by atoms with E-state index in [9.17, 15) is 0 Å². The monoisotopic (exact) mass is 271 g/mol. The molecule has 0 amide bonds. The minimum Gasteiger partial charge on any atom is -0.382 e. The van der Waals surface area contributed by atoms with E-state index in [0.717, 1.165) is 11.4 Å². The number of hydrogen-bond donors (Lipinski definition) is 2. The fourth-order valence-electron chi connectivity index (χ4n) is 1.86. The molecule has 2 N–H and O–H groups in total. The zero-order valence-electron chi connectivity index (χ0n) is 11.7. The Morgan fingerprint density at radius 1 is 0.737 bits per heavy atom. The molecule has 0 spiro atoms. The van der Waals surface area contributed by atoms with Gasteiger partial charge in [0.15, 0.2) is 0 Å². The van der Waals surface area contributed by atoms with Gasteiger partial charge in [-0.1, -0.05) is 36.4 Å². The number of hydrogen-bond acceptors (Lipinski definition) is 3. The van der Waals surface area contributed by atoms with Crippen molar-refractivity contribution in [2.24, 2.45) is 0 Å². The zero-order chi connectivity index (χ0) is 13.7. The summed E-state index contributed by atoms with van der Waals surface area (Å²) >= 11 is 0. The van der Waals surface area contributed by atoms with E-state index in [-0.39, 0.29) is 0 Å². The van der Waals surface area contributed by atoms with Crippen molar-refractivity contribution in [3.05, 3.63) is 60.7 Å². The quantitative estimate of drug-likeness (QED) is 0.817. The highest BCUT2D eigenvalue weighted by Crippen LogP contribution is 2.17. The number of benzene rings is 2. The SMILES string of the molecule is CN(C)[Si](C)(Nc1ccccc1)Nc1ccccc1. The molecule has 0 aliphatic rings. The second kappa shape index (κ2) is 5.91. The van der Waals surface area contributed by atoms with Crippen molar-refractivity contribution in [2.45, 2.75) is 6.55 Å². The van der Waals surface area contributed by atoms with E-state index in [1.54, 1.807) is 0 Å². The van der Waals surface area contributed by atoms with Crippen molar-refractivity contribution in [1.29, 1.82) is 0 Å². The van der Waals surface area contributed by atoms with Crippen molar-refractivity contribution in [3.63, 3.8) is 0 Å². The van der Waals surface area contributed by atoms with Crippen LogP contribution in [-0.4, -0.2) is 27.2 Å². The third-order valence-corrected chi connectivity index (χ3v) is 6.56. The van der Waals surface area contributed by atoms with Crippen molar-refractivity contribution in [3.8, 4) is 0 Å². The van der Waals surface area contributed by atoms with Crippen LogP contribution in [0.4, 0.5) is 11.4 Å². The summed E-state index contributed by atoms with van der Waals surface area (Å²) in [6.45, 7) is 2.26. The molecule has 0 heterocycles. The van der Waals surface area contributed by atoms with Gasteiger partial charge in [-0.3, -0.25) is 4.57 Å². The molecule has 2 rings (SSSR count). The summed E-state index contributed by atoms with van der Waals surface area (Å²) in [6, 6.07) is 20.7. The van der Waals surface area contributed by atoms with Gasteiger partial charge in [-0.15, -0.1) is 0 Å². The third kappa shape index (κ3) is 3.59. The van der Waals surface area contributed by atoms with Gasteiger partial charge < -0.3 is 9.96 Å². The van der Waals surface area contributed by atoms with Crippen LogP contribution in [0.15, 0.2) is 60.7 Å². The second-order valence-corrected chi connectivity index (χ2v) is 8.49. The van der Waals surface area contributed by atoms with Crippen LogP contribution in [0.3, 0.4) is 0 Å².